The van der Waals surface area contributed by atoms with Crippen LogP contribution in [0.4, 0.5) is 5.69 Å². The van der Waals surface area contributed by atoms with E-state index < -0.39 is 4.92 Å². The maximum absolute atomic E-state index is 10.7. The predicted octanol–water partition coefficient (Wildman–Crippen LogP) is 4.22. The Labute approximate surface area is 139 Å². The van der Waals surface area contributed by atoms with Crippen molar-refractivity contribution in [1.29, 1.82) is 0 Å². The molecule has 2 aromatic carbocycles. The number of aryl methyl sites for hydroxylation is 1. The Balaban J connectivity index is 1.67. The van der Waals surface area contributed by atoms with Crippen LogP contribution in [-0.2, 0) is 7.05 Å². The molecule has 3 rings (SSSR count). The number of rotatable bonds is 5. The fourth-order valence-electron chi connectivity index (χ4n) is 2.57. The molecule has 5 nitrogen and oxygen atoms in total. The van der Waals surface area contributed by atoms with Crippen LogP contribution >= 0.6 is 0 Å². The van der Waals surface area contributed by atoms with Crippen molar-refractivity contribution in [3.8, 4) is 0 Å². The summed E-state index contributed by atoms with van der Waals surface area (Å²) in [4.78, 5) is 14.8. The third-order valence-corrected chi connectivity index (χ3v) is 3.81. The molecule has 24 heavy (non-hydrogen) atoms. The zero-order chi connectivity index (χ0) is 16.9. The highest BCUT2D eigenvalue weighted by atomic mass is 16.6. The summed E-state index contributed by atoms with van der Waals surface area (Å²) in [5.41, 5.74) is 3.10. The van der Waals surface area contributed by atoms with E-state index in [-0.39, 0.29) is 5.69 Å². The first-order valence-corrected chi connectivity index (χ1v) is 7.60. The summed E-state index contributed by atoms with van der Waals surface area (Å²) in [5.74, 6) is 0. The van der Waals surface area contributed by atoms with E-state index in [2.05, 4.69) is 27.8 Å². The lowest BCUT2D eigenvalue weighted by atomic mass is 10.2. The zero-order valence-corrected chi connectivity index (χ0v) is 13.3. The predicted molar refractivity (Wildman–Crippen MR) is 97.5 cm³/mol. The Morgan fingerprint density at radius 3 is 2.79 bits per heavy atom. The number of nitro benzene ring substituents is 1. The highest BCUT2D eigenvalue weighted by Crippen LogP contribution is 2.17. The summed E-state index contributed by atoms with van der Waals surface area (Å²) in [5, 5.41) is 11.9. The van der Waals surface area contributed by atoms with Crippen molar-refractivity contribution in [1.82, 2.24) is 4.57 Å². The van der Waals surface area contributed by atoms with Gasteiger partial charge in [-0.1, -0.05) is 42.5 Å². The fourth-order valence-corrected chi connectivity index (χ4v) is 2.57. The van der Waals surface area contributed by atoms with Gasteiger partial charge in [-0.05, 0) is 17.7 Å². The molecule has 3 aromatic rings. The lowest BCUT2D eigenvalue weighted by molar-refractivity contribution is -0.384. The first-order valence-electron chi connectivity index (χ1n) is 7.60. The second-order valence-corrected chi connectivity index (χ2v) is 5.44. The van der Waals surface area contributed by atoms with Gasteiger partial charge in [-0.25, -0.2) is 0 Å². The van der Waals surface area contributed by atoms with E-state index >= 15 is 0 Å². The van der Waals surface area contributed by atoms with Gasteiger partial charge in [-0.2, -0.15) is 0 Å². The van der Waals surface area contributed by atoms with Crippen LogP contribution in [0.2, 0.25) is 0 Å². The Kier molecular flexibility index (Phi) is 4.52. The minimum Gasteiger partial charge on any atom is -0.343 e. The average molecular weight is 319 g/mol. The number of nitro groups is 1. The lowest BCUT2D eigenvalue weighted by Crippen LogP contribution is -1.94. The molecule has 0 aliphatic carbocycles. The monoisotopic (exact) mass is 319 g/mol. The Bertz CT molecular complexity index is 939. The number of non-ortho nitro benzene ring substituents is 1. The van der Waals surface area contributed by atoms with Gasteiger partial charge in [0, 0.05) is 36.3 Å². The fraction of sp³-hybridized carbons (Fsp3) is 0.105. The van der Waals surface area contributed by atoms with Crippen molar-refractivity contribution in [3.63, 3.8) is 0 Å². The van der Waals surface area contributed by atoms with Crippen LogP contribution in [0.25, 0.3) is 17.0 Å². The van der Waals surface area contributed by atoms with Crippen LogP contribution in [0.15, 0.2) is 65.7 Å². The maximum atomic E-state index is 10.7. The number of nitrogens with zero attached hydrogens (tertiary/aromatic N) is 3. The van der Waals surface area contributed by atoms with E-state index in [0.29, 0.717) is 6.54 Å². The Morgan fingerprint density at radius 2 is 2.00 bits per heavy atom. The average Bonchev–Trinajstić information content (AvgIpc) is 2.91. The van der Waals surface area contributed by atoms with E-state index in [1.165, 1.54) is 17.0 Å². The van der Waals surface area contributed by atoms with Crippen molar-refractivity contribution < 1.29 is 4.92 Å². The molecule has 0 bridgehead atoms. The molecule has 0 radical (unpaired) electrons. The molecule has 1 aromatic heterocycles. The Morgan fingerprint density at radius 1 is 1.17 bits per heavy atom. The molecule has 0 N–H and O–H groups in total. The number of hydrogen-bond donors (Lipinski definition) is 0. The molecule has 0 fully saturated rings. The van der Waals surface area contributed by atoms with Crippen molar-refractivity contribution in [2.75, 3.05) is 6.54 Å². The standard InChI is InChI=1S/C19H17N3O2/c1-21-18(13-16-8-2-3-10-19(16)21)14-20-11-5-7-15-6-4-9-17(12-15)22(23)24/h2-10,12-14H,11H2,1H3/b7-5+,20-14?. The van der Waals surface area contributed by atoms with Gasteiger partial charge in [0.1, 0.15) is 0 Å². The molecule has 0 aliphatic rings. The van der Waals surface area contributed by atoms with Gasteiger partial charge in [0.15, 0.2) is 0 Å². The molecule has 120 valence electrons. The van der Waals surface area contributed by atoms with E-state index in [1.807, 2.05) is 43.6 Å². The van der Waals surface area contributed by atoms with Crippen LogP contribution < -0.4 is 0 Å². The van der Waals surface area contributed by atoms with Crippen LogP contribution in [0, 0.1) is 10.1 Å². The normalized spacial score (nSPS) is 11.7. The highest BCUT2D eigenvalue weighted by molar-refractivity contribution is 5.90. The molecule has 5 heteroatoms. The third-order valence-electron chi connectivity index (χ3n) is 3.81. The van der Waals surface area contributed by atoms with Crippen molar-refractivity contribution in [2.45, 2.75) is 0 Å². The summed E-state index contributed by atoms with van der Waals surface area (Å²) < 4.78 is 2.10. The minimum absolute atomic E-state index is 0.0937. The summed E-state index contributed by atoms with van der Waals surface area (Å²) in [7, 11) is 2.02. The lowest BCUT2D eigenvalue weighted by Gasteiger charge is -1.98. The zero-order valence-electron chi connectivity index (χ0n) is 13.3. The summed E-state index contributed by atoms with van der Waals surface area (Å²) in [6.07, 6.45) is 5.57. The van der Waals surface area contributed by atoms with Gasteiger partial charge in [-0.15, -0.1) is 0 Å². The van der Waals surface area contributed by atoms with Gasteiger partial charge in [-0.3, -0.25) is 15.1 Å². The molecule has 1 heterocycles. The van der Waals surface area contributed by atoms with Crippen molar-refractivity contribution >= 4 is 28.9 Å². The van der Waals surface area contributed by atoms with Crippen LogP contribution in [-0.4, -0.2) is 22.2 Å². The molecular weight excluding hydrogens is 302 g/mol. The quantitative estimate of drug-likeness (QED) is 0.401. The molecule has 0 aliphatic heterocycles. The molecule has 0 unspecified atom stereocenters. The first kappa shape index (κ1) is 15.7. The van der Waals surface area contributed by atoms with E-state index in [9.17, 15) is 10.1 Å². The van der Waals surface area contributed by atoms with Crippen molar-refractivity contribution in [2.24, 2.45) is 12.0 Å². The second-order valence-electron chi connectivity index (χ2n) is 5.44. The number of aliphatic imine (C=N–C) groups is 1. The third kappa shape index (κ3) is 3.41. The summed E-state index contributed by atoms with van der Waals surface area (Å²) in [6, 6.07) is 16.8. The van der Waals surface area contributed by atoms with Crippen molar-refractivity contribution in [3.05, 3.63) is 82.0 Å². The van der Waals surface area contributed by atoms with Gasteiger partial charge in [0.2, 0.25) is 0 Å². The second kappa shape index (κ2) is 6.91. The first-order chi connectivity index (χ1) is 11.6. The van der Waals surface area contributed by atoms with E-state index in [4.69, 9.17) is 0 Å². The molecule has 0 amide bonds. The molecule has 0 spiro atoms. The maximum Gasteiger partial charge on any atom is 0.270 e. The molecule has 0 saturated carbocycles. The molecular formula is C19H17N3O2. The number of benzene rings is 2. The number of fused-ring (bicyclic) bond motifs is 1. The topological polar surface area (TPSA) is 60.4 Å². The van der Waals surface area contributed by atoms with Gasteiger partial charge < -0.3 is 4.57 Å². The van der Waals surface area contributed by atoms with Gasteiger partial charge >= 0.3 is 0 Å². The number of aromatic nitrogens is 1. The van der Waals surface area contributed by atoms with Gasteiger partial charge in [0.25, 0.3) is 5.69 Å². The SMILES string of the molecule is Cn1c(C=NC/C=C/c2cccc([N+](=O)[O-])c2)cc2ccccc21. The van der Waals surface area contributed by atoms with E-state index in [0.717, 1.165) is 11.3 Å². The van der Waals surface area contributed by atoms with Crippen LogP contribution in [0.3, 0.4) is 0 Å². The summed E-state index contributed by atoms with van der Waals surface area (Å²) in [6.45, 7) is 0.518. The minimum atomic E-state index is -0.393. The van der Waals surface area contributed by atoms with Crippen LogP contribution in [0.5, 0.6) is 0 Å². The van der Waals surface area contributed by atoms with Gasteiger partial charge in [0.05, 0.1) is 17.2 Å². The molecule has 0 saturated heterocycles. The highest BCUT2D eigenvalue weighted by Gasteiger charge is 2.03. The number of hydrogen-bond acceptors (Lipinski definition) is 3. The molecule has 0 atom stereocenters. The van der Waals surface area contributed by atoms with E-state index in [1.54, 1.807) is 12.1 Å². The largest absolute Gasteiger partial charge is 0.343 e. The summed E-state index contributed by atoms with van der Waals surface area (Å²) >= 11 is 0. The smallest absolute Gasteiger partial charge is 0.270 e. The van der Waals surface area contributed by atoms with Crippen LogP contribution in [0.1, 0.15) is 11.3 Å². The Hall–Kier alpha value is -3.21. The number of para-hydroxylation sites is 1.